The summed E-state index contributed by atoms with van der Waals surface area (Å²) < 4.78 is 13.9. The van der Waals surface area contributed by atoms with Crippen molar-refractivity contribution in [2.75, 3.05) is 0 Å². The molecule has 0 saturated heterocycles. The highest BCUT2D eigenvalue weighted by molar-refractivity contribution is 6.06. The van der Waals surface area contributed by atoms with Gasteiger partial charge in [-0.25, -0.2) is 9.40 Å². The van der Waals surface area contributed by atoms with Gasteiger partial charge in [-0.2, -0.15) is 5.10 Å². The first-order valence-corrected chi connectivity index (χ1v) is 8.78. The number of carbonyl (C=O) groups excluding carboxylic acids is 1. The second-order valence-electron chi connectivity index (χ2n) is 7.00. The molecule has 0 aromatic heterocycles. The highest BCUT2D eigenvalue weighted by Gasteiger charge is 2.42. The number of fused-ring (bicyclic) bond motifs is 3. The highest BCUT2D eigenvalue weighted by atomic mass is 19.1. The second kappa shape index (κ2) is 6.10. The predicted octanol–water partition coefficient (Wildman–Crippen LogP) is 4.39. The molecule has 0 bridgehead atoms. The van der Waals surface area contributed by atoms with Gasteiger partial charge in [0.15, 0.2) is 0 Å². The normalized spacial score (nSPS) is 22.0. The van der Waals surface area contributed by atoms with Gasteiger partial charge in [-0.05, 0) is 49.4 Å². The number of carbonyl (C=O) groups is 1. The summed E-state index contributed by atoms with van der Waals surface area (Å²) in [5.41, 5.74) is 5.11. The summed E-state index contributed by atoms with van der Waals surface area (Å²) in [7, 11) is 0. The van der Waals surface area contributed by atoms with Crippen LogP contribution < -0.4 is 0 Å². The molecule has 0 N–H and O–H groups in total. The van der Waals surface area contributed by atoms with Crippen LogP contribution in [0.15, 0.2) is 47.6 Å². The van der Waals surface area contributed by atoms with Crippen LogP contribution in [0.4, 0.5) is 4.39 Å². The summed E-state index contributed by atoms with van der Waals surface area (Å²) in [4.78, 5) is 12.2. The average molecular weight is 336 g/mol. The Kier molecular flexibility index (Phi) is 3.91. The molecular formula is C21H21FN2O. The minimum absolute atomic E-state index is 0.0795. The Morgan fingerprint density at radius 3 is 2.68 bits per heavy atom. The summed E-state index contributed by atoms with van der Waals surface area (Å²) in [6, 6.07) is 13.1. The van der Waals surface area contributed by atoms with E-state index in [4.69, 9.17) is 0 Å². The Balaban J connectivity index is 1.84. The van der Waals surface area contributed by atoms with Crippen molar-refractivity contribution in [2.45, 2.75) is 39.2 Å². The number of hydrazone groups is 1. The van der Waals surface area contributed by atoms with Crippen LogP contribution >= 0.6 is 0 Å². The highest BCUT2D eigenvalue weighted by Crippen LogP contribution is 2.42. The molecule has 1 aliphatic carbocycles. The van der Waals surface area contributed by atoms with E-state index in [0.717, 1.165) is 41.7 Å². The van der Waals surface area contributed by atoms with Crippen molar-refractivity contribution in [3.05, 3.63) is 70.5 Å². The largest absolute Gasteiger partial charge is 0.273 e. The number of amides is 1. The van der Waals surface area contributed by atoms with Crippen molar-refractivity contribution in [1.82, 2.24) is 5.01 Å². The van der Waals surface area contributed by atoms with Crippen LogP contribution in [0.3, 0.4) is 0 Å². The quantitative estimate of drug-likeness (QED) is 0.760. The molecule has 0 fully saturated rings. The predicted molar refractivity (Wildman–Crippen MR) is 95.8 cm³/mol. The van der Waals surface area contributed by atoms with Crippen molar-refractivity contribution >= 4 is 11.6 Å². The van der Waals surface area contributed by atoms with Gasteiger partial charge in [0.2, 0.25) is 5.91 Å². The zero-order chi connectivity index (χ0) is 17.6. The molecule has 1 heterocycles. The number of halogens is 1. The van der Waals surface area contributed by atoms with Gasteiger partial charge < -0.3 is 0 Å². The fraction of sp³-hybridized carbons (Fsp3) is 0.333. The summed E-state index contributed by atoms with van der Waals surface area (Å²) in [6.45, 7) is 3.59. The first kappa shape index (κ1) is 16.0. The van der Waals surface area contributed by atoms with E-state index in [1.165, 1.54) is 11.6 Å². The molecule has 3 nitrogen and oxygen atoms in total. The minimum atomic E-state index is -0.254. The molecule has 2 atom stereocenters. The van der Waals surface area contributed by atoms with Gasteiger partial charge >= 0.3 is 0 Å². The molecule has 2 aliphatic rings. The zero-order valence-corrected chi connectivity index (χ0v) is 14.5. The lowest BCUT2D eigenvalue weighted by molar-refractivity contribution is -0.131. The van der Waals surface area contributed by atoms with E-state index in [9.17, 15) is 9.18 Å². The van der Waals surface area contributed by atoms with E-state index in [-0.39, 0.29) is 23.7 Å². The maximum atomic E-state index is 13.9. The smallest absolute Gasteiger partial charge is 0.240 e. The van der Waals surface area contributed by atoms with Gasteiger partial charge in [0.1, 0.15) is 5.82 Å². The van der Waals surface area contributed by atoms with Gasteiger partial charge in [-0.3, -0.25) is 4.79 Å². The van der Waals surface area contributed by atoms with Crippen LogP contribution in [0.1, 0.15) is 48.1 Å². The number of nitrogens with zero attached hydrogens (tertiary/aromatic N) is 2. The number of hydrogen-bond acceptors (Lipinski definition) is 2. The Morgan fingerprint density at radius 1 is 1.20 bits per heavy atom. The maximum absolute atomic E-state index is 13.9. The van der Waals surface area contributed by atoms with Gasteiger partial charge in [0.05, 0.1) is 11.8 Å². The molecule has 0 saturated carbocycles. The Morgan fingerprint density at radius 2 is 1.96 bits per heavy atom. The summed E-state index contributed by atoms with van der Waals surface area (Å²) in [6.07, 6.45) is 2.87. The van der Waals surface area contributed by atoms with E-state index in [0.29, 0.717) is 0 Å². The molecule has 4 rings (SSSR count). The first-order valence-electron chi connectivity index (χ1n) is 8.78. The molecule has 1 aliphatic heterocycles. The third kappa shape index (κ3) is 2.76. The van der Waals surface area contributed by atoms with Crippen molar-refractivity contribution < 1.29 is 9.18 Å². The van der Waals surface area contributed by atoms with E-state index in [1.807, 2.05) is 13.0 Å². The number of benzene rings is 2. The van der Waals surface area contributed by atoms with Crippen LogP contribution in [-0.2, 0) is 11.2 Å². The van der Waals surface area contributed by atoms with Crippen molar-refractivity contribution in [3.63, 3.8) is 0 Å². The van der Waals surface area contributed by atoms with E-state index in [1.54, 1.807) is 18.0 Å². The number of rotatable bonds is 1. The fourth-order valence-corrected chi connectivity index (χ4v) is 4.04. The first-order chi connectivity index (χ1) is 12.0. The van der Waals surface area contributed by atoms with Crippen LogP contribution in [0.5, 0.6) is 0 Å². The summed E-state index contributed by atoms with van der Waals surface area (Å²) in [5.74, 6) is -0.228. The lowest BCUT2D eigenvalue weighted by Crippen LogP contribution is -2.29. The van der Waals surface area contributed by atoms with E-state index < -0.39 is 0 Å². The molecule has 2 aromatic carbocycles. The van der Waals surface area contributed by atoms with Gasteiger partial charge in [-0.1, -0.05) is 35.9 Å². The topological polar surface area (TPSA) is 32.7 Å². The fourth-order valence-electron chi connectivity index (χ4n) is 4.04. The summed E-state index contributed by atoms with van der Waals surface area (Å²) in [5, 5.41) is 6.25. The number of hydrogen-bond donors (Lipinski definition) is 0. The average Bonchev–Trinajstić information content (AvgIpc) is 2.88. The Bertz CT molecular complexity index is 857. The summed E-state index contributed by atoms with van der Waals surface area (Å²) >= 11 is 0. The molecule has 0 radical (unpaired) electrons. The van der Waals surface area contributed by atoms with Gasteiger partial charge in [0, 0.05) is 18.4 Å². The SMILES string of the molecule is CC(=O)N1N=C2c3cc(F)ccc3CCC[C@H]2[C@@H]1c1ccc(C)cc1. The third-order valence-electron chi connectivity index (χ3n) is 5.26. The molecule has 1 amide bonds. The molecular weight excluding hydrogens is 315 g/mol. The molecule has 25 heavy (non-hydrogen) atoms. The lowest BCUT2D eigenvalue weighted by Gasteiger charge is -2.26. The molecule has 4 heteroatoms. The monoisotopic (exact) mass is 336 g/mol. The number of aryl methyl sites for hydroxylation is 2. The van der Waals surface area contributed by atoms with E-state index in [2.05, 4.69) is 29.4 Å². The van der Waals surface area contributed by atoms with Crippen LogP contribution in [0, 0.1) is 18.7 Å². The van der Waals surface area contributed by atoms with Crippen LogP contribution in [0.2, 0.25) is 0 Å². The zero-order valence-electron chi connectivity index (χ0n) is 14.5. The van der Waals surface area contributed by atoms with Crippen molar-refractivity contribution in [2.24, 2.45) is 11.0 Å². The second-order valence-corrected chi connectivity index (χ2v) is 7.00. The standard InChI is InChI=1S/C21H21FN2O/c1-13-6-8-16(9-7-13)21-18-5-3-4-15-10-11-17(22)12-19(15)20(18)23-24(21)14(2)25/h6-12,18,21H,3-5H2,1-2H3/t18-,21+/m1/s1. The van der Waals surface area contributed by atoms with Crippen molar-refractivity contribution in [3.8, 4) is 0 Å². The van der Waals surface area contributed by atoms with Crippen LogP contribution in [-0.4, -0.2) is 16.6 Å². The molecule has 2 aromatic rings. The molecule has 0 spiro atoms. The van der Waals surface area contributed by atoms with Gasteiger partial charge in [0.25, 0.3) is 0 Å². The molecule has 0 unspecified atom stereocenters. The third-order valence-corrected chi connectivity index (χ3v) is 5.26. The van der Waals surface area contributed by atoms with E-state index >= 15 is 0 Å². The van der Waals surface area contributed by atoms with Gasteiger partial charge in [-0.15, -0.1) is 0 Å². The Labute approximate surface area is 147 Å². The maximum Gasteiger partial charge on any atom is 0.240 e. The van der Waals surface area contributed by atoms with Crippen molar-refractivity contribution in [1.29, 1.82) is 0 Å². The minimum Gasteiger partial charge on any atom is -0.273 e. The lowest BCUT2D eigenvalue weighted by atomic mass is 9.85. The molecule has 128 valence electrons. The van der Waals surface area contributed by atoms with Crippen LogP contribution in [0.25, 0.3) is 0 Å². The Hall–Kier alpha value is -2.49.